The van der Waals surface area contributed by atoms with E-state index in [9.17, 15) is 17.6 Å². The largest absolute Gasteiger partial charge is 0.401 e. The monoisotopic (exact) mass is 550 g/mol. The maximum Gasteiger partial charge on any atom is 0.401 e. The van der Waals surface area contributed by atoms with Gasteiger partial charge in [0.2, 0.25) is 0 Å². The van der Waals surface area contributed by atoms with E-state index in [1.807, 2.05) is 25.1 Å². The number of unbranched alkanes of at least 4 members (excludes halogenated alkanes) is 1. The van der Waals surface area contributed by atoms with Crippen LogP contribution in [0, 0.1) is 17.6 Å². The molecule has 8 heteroatoms. The second-order valence-corrected chi connectivity index (χ2v) is 10.8. The summed E-state index contributed by atoms with van der Waals surface area (Å²) in [5.74, 6) is -1.17. The van der Waals surface area contributed by atoms with Crippen LogP contribution in [0.1, 0.15) is 79.9 Å². The molecule has 1 aromatic heterocycles. The number of nitrogens with zero attached hydrogens (tertiary/aromatic N) is 1. The van der Waals surface area contributed by atoms with E-state index in [1.165, 1.54) is 17.0 Å². The SMILES string of the molecule is C=Cc1ccc2c3c([nH]c2c1)C(c1c(F)cc(CC2CCC2)cc1F)N(CC(F)(F)F)[C@H](C)C3.CCCCF. The Labute approximate surface area is 226 Å². The van der Waals surface area contributed by atoms with Crippen molar-refractivity contribution in [3.05, 3.63) is 76.5 Å². The van der Waals surface area contributed by atoms with Gasteiger partial charge in [-0.2, -0.15) is 13.2 Å². The first-order chi connectivity index (χ1) is 18.6. The summed E-state index contributed by atoms with van der Waals surface area (Å²) in [6.45, 7) is 6.00. The smallest absolute Gasteiger partial charge is 0.357 e. The maximum absolute atomic E-state index is 15.5. The lowest BCUT2D eigenvalue weighted by Gasteiger charge is -2.41. The molecule has 2 aromatic carbocycles. The van der Waals surface area contributed by atoms with Gasteiger partial charge >= 0.3 is 6.18 Å². The van der Waals surface area contributed by atoms with Crippen LogP contribution in [0.25, 0.3) is 17.0 Å². The fourth-order valence-corrected chi connectivity index (χ4v) is 5.65. The number of alkyl halides is 4. The van der Waals surface area contributed by atoms with Gasteiger partial charge in [-0.25, -0.2) is 8.78 Å². The normalized spacial score (nSPS) is 19.8. The molecule has 39 heavy (non-hydrogen) atoms. The summed E-state index contributed by atoms with van der Waals surface area (Å²) in [6.07, 6.45) is 2.99. The molecule has 0 spiro atoms. The van der Waals surface area contributed by atoms with E-state index >= 15 is 8.78 Å². The summed E-state index contributed by atoms with van der Waals surface area (Å²) in [7, 11) is 0. The second-order valence-electron chi connectivity index (χ2n) is 10.8. The van der Waals surface area contributed by atoms with E-state index in [1.54, 1.807) is 13.0 Å². The van der Waals surface area contributed by atoms with Crippen molar-refractivity contribution < 1.29 is 26.3 Å². The van der Waals surface area contributed by atoms with Crippen LogP contribution >= 0.6 is 0 Å². The highest BCUT2D eigenvalue weighted by Gasteiger charge is 2.43. The third-order valence-corrected chi connectivity index (χ3v) is 7.88. The van der Waals surface area contributed by atoms with E-state index in [0.717, 1.165) is 54.1 Å². The molecule has 1 aliphatic heterocycles. The van der Waals surface area contributed by atoms with Crippen molar-refractivity contribution in [2.24, 2.45) is 5.92 Å². The number of H-pyrrole nitrogens is 1. The van der Waals surface area contributed by atoms with E-state index in [-0.39, 0.29) is 12.2 Å². The molecule has 1 fully saturated rings. The highest BCUT2D eigenvalue weighted by Crippen LogP contribution is 2.44. The number of nitrogens with one attached hydrogen (secondary N) is 1. The number of aromatic nitrogens is 1. The van der Waals surface area contributed by atoms with E-state index in [4.69, 9.17) is 0 Å². The second kappa shape index (κ2) is 12.2. The van der Waals surface area contributed by atoms with Crippen molar-refractivity contribution in [3.63, 3.8) is 0 Å². The summed E-state index contributed by atoms with van der Waals surface area (Å²) >= 11 is 0. The molecule has 3 aromatic rings. The van der Waals surface area contributed by atoms with Gasteiger partial charge in [-0.15, -0.1) is 0 Å². The minimum Gasteiger partial charge on any atom is -0.357 e. The number of rotatable bonds is 7. The Morgan fingerprint density at radius 2 is 1.79 bits per heavy atom. The summed E-state index contributed by atoms with van der Waals surface area (Å²) in [6, 6.07) is 6.45. The van der Waals surface area contributed by atoms with Crippen LogP contribution in [0.3, 0.4) is 0 Å². The van der Waals surface area contributed by atoms with Crippen molar-refractivity contribution in [1.82, 2.24) is 9.88 Å². The van der Waals surface area contributed by atoms with Crippen molar-refractivity contribution in [1.29, 1.82) is 0 Å². The number of benzene rings is 2. The lowest BCUT2D eigenvalue weighted by Crippen LogP contribution is -2.47. The molecule has 2 nitrogen and oxygen atoms in total. The van der Waals surface area contributed by atoms with Crippen LogP contribution in [0.2, 0.25) is 0 Å². The number of aromatic amines is 1. The van der Waals surface area contributed by atoms with Gasteiger partial charge in [0.05, 0.1) is 19.3 Å². The van der Waals surface area contributed by atoms with Crippen molar-refractivity contribution in [3.8, 4) is 0 Å². The Hall–Kier alpha value is -2.74. The number of hydrogen-bond acceptors (Lipinski definition) is 1. The lowest BCUT2D eigenvalue weighted by molar-refractivity contribution is -0.155. The Kier molecular flexibility index (Phi) is 9.14. The van der Waals surface area contributed by atoms with E-state index in [2.05, 4.69) is 11.6 Å². The zero-order chi connectivity index (χ0) is 28.3. The van der Waals surface area contributed by atoms with Gasteiger partial charge in [-0.05, 0) is 67.0 Å². The van der Waals surface area contributed by atoms with Gasteiger partial charge in [-0.3, -0.25) is 9.29 Å². The fourth-order valence-electron chi connectivity index (χ4n) is 5.65. The van der Waals surface area contributed by atoms with Gasteiger partial charge < -0.3 is 4.98 Å². The summed E-state index contributed by atoms with van der Waals surface area (Å²) in [5, 5.41) is 0.853. The van der Waals surface area contributed by atoms with Crippen molar-refractivity contribution in [2.45, 2.75) is 77.1 Å². The topological polar surface area (TPSA) is 19.0 Å². The van der Waals surface area contributed by atoms with Gasteiger partial charge in [0.1, 0.15) is 11.6 Å². The Bertz CT molecular complexity index is 1270. The molecule has 1 unspecified atom stereocenters. The predicted molar refractivity (Wildman–Crippen MR) is 144 cm³/mol. The molecule has 0 radical (unpaired) electrons. The zero-order valence-corrected chi connectivity index (χ0v) is 22.5. The Balaban J connectivity index is 0.000000648. The van der Waals surface area contributed by atoms with Crippen LogP contribution in [0.5, 0.6) is 0 Å². The Morgan fingerprint density at radius 1 is 1.10 bits per heavy atom. The minimum atomic E-state index is -4.51. The molecule has 0 amide bonds. The third kappa shape index (κ3) is 6.53. The third-order valence-electron chi connectivity index (χ3n) is 7.88. The van der Waals surface area contributed by atoms with Crippen LogP contribution in [0.4, 0.5) is 26.3 Å². The molecule has 2 heterocycles. The van der Waals surface area contributed by atoms with E-state index < -0.39 is 36.4 Å². The van der Waals surface area contributed by atoms with Crippen LogP contribution < -0.4 is 0 Å². The van der Waals surface area contributed by atoms with Crippen molar-refractivity contribution >= 4 is 17.0 Å². The molecule has 0 saturated heterocycles. The summed E-state index contributed by atoms with van der Waals surface area (Å²) < 4.78 is 82.7. The standard InChI is InChI=1S/C27H27F5N2.C4H9F/c1-3-16-7-8-19-20-9-15(2)34(14-27(30,31)32)26(25(20)33-23(19)13-16)24-21(28)11-18(12-22(24)29)10-17-5-4-6-17;1-2-3-4-5/h3,7-8,11-13,15,17,26,33H,1,4-6,9-10,14H2,2H3;2-4H2,1H3/t15-,26?;/m1./s1. The molecular formula is C31H36F6N2. The highest BCUT2D eigenvalue weighted by atomic mass is 19.4. The van der Waals surface area contributed by atoms with Crippen LogP contribution in [-0.2, 0) is 12.8 Å². The fraction of sp³-hybridized carbons (Fsp3) is 0.484. The molecule has 5 rings (SSSR count). The first-order valence-corrected chi connectivity index (χ1v) is 13.7. The van der Waals surface area contributed by atoms with Gasteiger partial charge in [-0.1, -0.05) is 57.4 Å². The molecule has 1 aliphatic carbocycles. The molecular weight excluding hydrogens is 514 g/mol. The minimum absolute atomic E-state index is 0.156. The molecule has 1 N–H and O–H groups in total. The number of halogens is 6. The summed E-state index contributed by atoms with van der Waals surface area (Å²) in [5.41, 5.74) is 3.02. The summed E-state index contributed by atoms with van der Waals surface area (Å²) in [4.78, 5) is 4.37. The first kappa shape index (κ1) is 29.2. The molecule has 212 valence electrons. The average molecular weight is 551 g/mol. The van der Waals surface area contributed by atoms with Gasteiger partial charge in [0, 0.05) is 28.2 Å². The molecule has 0 bridgehead atoms. The van der Waals surface area contributed by atoms with Crippen LogP contribution in [0.15, 0.2) is 36.9 Å². The van der Waals surface area contributed by atoms with Gasteiger partial charge in [0.15, 0.2) is 0 Å². The van der Waals surface area contributed by atoms with E-state index in [0.29, 0.717) is 30.0 Å². The maximum atomic E-state index is 15.5. The van der Waals surface area contributed by atoms with Crippen molar-refractivity contribution in [2.75, 3.05) is 13.2 Å². The zero-order valence-electron chi connectivity index (χ0n) is 22.5. The molecule has 1 saturated carbocycles. The average Bonchev–Trinajstić information content (AvgIpc) is 3.20. The Morgan fingerprint density at radius 3 is 2.31 bits per heavy atom. The van der Waals surface area contributed by atoms with Crippen LogP contribution in [-0.4, -0.2) is 35.3 Å². The molecule has 2 atom stereocenters. The number of hydrogen-bond donors (Lipinski definition) is 1. The molecule has 2 aliphatic rings. The predicted octanol–water partition coefficient (Wildman–Crippen LogP) is 9.09. The number of fused-ring (bicyclic) bond motifs is 3. The van der Waals surface area contributed by atoms with Gasteiger partial charge in [0.25, 0.3) is 0 Å². The first-order valence-electron chi connectivity index (χ1n) is 13.7. The lowest BCUT2D eigenvalue weighted by atomic mass is 9.80. The quantitative estimate of drug-likeness (QED) is 0.291. The highest BCUT2D eigenvalue weighted by molar-refractivity contribution is 5.87.